The lowest BCUT2D eigenvalue weighted by Crippen LogP contribution is -2.06. The molecule has 7 heteroatoms. The quantitative estimate of drug-likeness (QED) is 0.635. The summed E-state index contributed by atoms with van der Waals surface area (Å²) in [6.07, 6.45) is 0. The lowest BCUT2D eigenvalue weighted by molar-refractivity contribution is -0.134. The van der Waals surface area contributed by atoms with Crippen LogP contribution in [-0.2, 0) is 4.79 Å². The van der Waals surface area contributed by atoms with Gasteiger partial charge in [0.05, 0.1) is 11.1 Å². The SMILES string of the molecule is CC(=O)O.CCO.O=C(O)c1ccccc1C(=O)O. The smallest absolute Gasteiger partial charge is 0.336 e. The Bertz CT molecular complexity index is 389. The zero-order chi connectivity index (χ0) is 15.4. The van der Waals surface area contributed by atoms with E-state index in [-0.39, 0.29) is 17.7 Å². The number of aliphatic hydroxyl groups is 1. The molecule has 0 aliphatic carbocycles. The van der Waals surface area contributed by atoms with Crippen molar-refractivity contribution in [2.45, 2.75) is 13.8 Å². The summed E-state index contributed by atoms with van der Waals surface area (Å²) in [4.78, 5) is 29.9. The average Bonchev–Trinajstić information content (AvgIpc) is 2.29. The Balaban J connectivity index is 0. The van der Waals surface area contributed by atoms with Gasteiger partial charge in [-0.2, -0.15) is 0 Å². The lowest BCUT2D eigenvalue weighted by Gasteiger charge is -1.98. The third-order valence-corrected chi connectivity index (χ3v) is 1.39. The zero-order valence-corrected chi connectivity index (χ0v) is 10.5. The Labute approximate surface area is 109 Å². The number of carboxylic acid groups (broad SMARTS) is 3. The predicted molar refractivity (Wildman–Crippen MR) is 66.4 cm³/mol. The van der Waals surface area contributed by atoms with Gasteiger partial charge in [0.2, 0.25) is 0 Å². The van der Waals surface area contributed by atoms with Crippen LogP contribution in [0.1, 0.15) is 34.6 Å². The number of aliphatic hydroxyl groups excluding tert-OH is 1. The molecule has 1 aromatic carbocycles. The molecule has 7 nitrogen and oxygen atoms in total. The Morgan fingerprint density at radius 2 is 1.16 bits per heavy atom. The van der Waals surface area contributed by atoms with Gasteiger partial charge in [0.1, 0.15) is 0 Å². The van der Waals surface area contributed by atoms with E-state index in [2.05, 4.69) is 0 Å². The number of aliphatic carboxylic acids is 1. The standard InChI is InChI=1S/C8H6O4.C2H4O2.C2H6O/c9-7(10)5-3-1-2-4-6(5)8(11)12;1-2(3)4;1-2-3/h1-4H,(H,9,10)(H,11,12);1H3,(H,3,4);3H,2H2,1H3. The van der Waals surface area contributed by atoms with Gasteiger partial charge in [-0.3, -0.25) is 4.79 Å². The third-order valence-electron chi connectivity index (χ3n) is 1.39. The van der Waals surface area contributed by atoms with E-state index in [9.17, 15) is 9.59 Å². The maximum absolute atomic E-state index is 10.5. The number of benzene rings is 1. The van der Waals surface area contributed by atoms with E-state index in [0.717, 1.165) is 6.92 Å². The highest BCUT2D eigenvalue weighted by Crippen LogP contribution is 2.07. The van der Waals surface area contributed by atoms with E-state index < -0.39 is 17.9 Å². The van der Waals surface area contributed by atoms with Crippen molar-refractivity contribution in [3.8, 4) is 0 Å². The van der Waals surface area contributed by atoms with Gasteiger partial charge >= 0.3 is 11.9 Å². The van der Waals surface area contributed by atoms with E-state index in [0.29, 0.717) is 0 Å². The number of rotatable bonds is 2. The van der Waals surface area contributed by atoms with E-state index in [1.807, 2.05) is 0 Å². The fraction of sp³-hybridized carbons (Fsp3) is 0.250. The first-order valence-electron chi connectivity index (χ1n) is 5.13. The van der Waals surface area contributed by atoms with E-state index >= 15 is 0 Å². The first-order valence-corrected chi connectivity index (χ1v) is 5.13. The molecule has 0 atom stereocenters. The van der Waals surface area contributed by atoms with Gasteiger partial charge in [0.15, 0.2) is 0 Å². The number of carboxylic acids is 3. The van der Waals surface area contributed by atoms with Crippen molar-refractivity contribution in [2.75, 3.05) is 6.61 Å². The van der Waals surface area contributed by atoms with Crippen LogP contribution in [0, 0.1) is 0 Å². The van der Waals surface area contributed by atoms with Gasteiger partial charge in [-0.15, -0.1) is 0 Å². The van der Waals surface area contributed by atoms with Crippen LogP contribution in [0.25, 0.3) is 0 Å². The summed E-state index contributed by atoms with van der Waals surface area (Å²) in [5.74, 6) is -3.29. The maximum Gasteiger partial charge on any atom is 0.336 e. The Morgan fingerprint density at radius 1 is 0.947 bits per heavy atom. The molecule has 0 saturated heterocycles. The van der Waals surface area contributed by atoms with Crippen molar-refractivity contribution in [2.24, 2.45) is 0 Å². The van der Waals surface area contributed by atoms with Crippen molar-refractivity contribution in [3.05, 3.63) is 35.4 Å². The van der Waals surface area contributed by atoms with Crippen molar-refractivity contribution >= 4 is 17.9 Å². The second-order valence-electron chi connectivity index (χ2n) is 2.99. The van der Waals surface area contributed by atoms with Gasteiger partial charge in [0.25, 0.3) is 5.97 Å². The molecule has 0 fully saturated rings. The second-order valence-corrected chi connectivity index (χ2v) is 2.99. The normalized spacial score (nSPS) is 8.16. The second kappa shape index (κ2) is 10.7. The summed E-state index contributed by atoms with van der Waals surface area (Å²) < 4.78 is 0. The highest BCUT2D eigenvalue weighted by atomic mass is 16.4. The molecule has 0 bridgehead atoms. The zero-order valence-electron chi connectivity index (χ0n) is 10.5. The van der Waals surface area contributed by atoms with E-state index in [1.54, 1.807) is 6.92 Å². The number of aromatic carboxylic acids is 2. The molecule has 0 heterocycles. The highest BCUT2D eigenvalue weighted by molar-refractivity contribution is 6.01. The average molecular weight is 272 g/mol. The minimum Gasteiger partial charge on any atom is -0.481 e. The van der Waals surface area contributed by atoms with Crippen LogP contribution in [0.4, 0.5) is 0 Å². The number of carbonyl (C=O) groups is 3. The van der Waals surface area contributed by atoms with Crippen LogP contribution < -0.4 is 0 Å². The minimum atomic E-state index is -1.23. The molecule has 1 rings (SSSR count). The number of hydrogen-bond donors (Lipinski definition) is 4. The van der Waals surface area contributed by atoms with Crippen LogP contribution in [-0.4, -0.2) is 44.9 Å². The van der Waals surface area contributed by atoms with Gasteiger partial charge in [0, 0.05) is 13.5 Å². The molecule has 4 N–H and O–H groups in total. The third kappa shape index (κ3) is 10.5. The molecule has 1 aromatic rings. The molecular weight excluding hydrogens is 256 g/mol. The molecule has 0 saturated carbocycles. The van der Waals surface area contributed by atoms with Crippen LogP contribution >= 0.6 is 0 Å². The molecule has 0 spiro atoms. The monoisotopic (exact) mass is 272 g/mol. The molecule has 0 aliphatic heterocycles. The Morgan fingerprint density at radius 3 is 1.32 bits per heavy atom. The first kappa shape index (κ1) is 18.9. The molecule has 106 valence electrons. The van der Waals surface area contributed by atoms with Crippen LogP contribution in [0.15, 0.2) is 24.3 Å². The maximum atomic E-state index is 10.5. The van der Waals surface area contributed by atoms with Gasteiger partial charge < -0.3 is 20.4 Å². The van der Waals surface area contributed by atoms with Crippen molar-refractivity contribution < 1.29 is 34.8 Å². The molecule has 0 aliphatic rings. The minimum absolute atomic E-state index is 0.190. The van der Waals surface area contributed by atoms with Crippen LogP contribution in [0.5, 0.6) is 0 Å². The molecular formula is C12H16O7. The molecule has 0 amide bonds. The lowest BCUT2D eigenvalue weighted by atomic mass is 10.1. The van der Waals surface area contributed by atoms with Gasteiger partial charge in [-0.1, -0.05) is 12.1 Å². The van der Waals surface area contributed by atoms with Crippen molar-refractivity contribution in [1.29, 1.82) is 0 Å². The Hall–Kier alpha value is -2.41. The van der Waals surface area contributed by atoms with Gasteiger partial charge in [-0.25, -0.2) is 9.59 Å². The highest BCUT2D eigenvalue weighted by Gasteiger charge is 2.13. The topological polar surface area (TPSA) is 132 Å². The van der Waals surface area contributed by atoms with Gasteiger partial charge in [-0.05, 0) is 19.1 Å². The van der Waals surface area contributed by atoms with Crippen molar-refractivity contribution in [1.82, 2.24) is 0 Å². The summed E-state index contributed by atoms with van der Waals surface area (Å²) in [6.45, 7) is 3.01. The summed E-state index contributed by atoms with van der Waals surface area (Å²) in [7, 11) is 0. The molecule has 0 aromatic heterocycles. The molecule has 19 heavy (non-hydrogen) atoms. The summed E-state index contributed by atoms with van der Waals surface area (Å²) in [5, 5.41) is 32.1. The van der Waals surface area contributed by atoms with Crippen LogP contribution in [0.3, 0.4) is 0 Å². The summed E-state index contributed by atoms with van der Waals surface area (Å²) >= 11 is 0. The fourth-order valence-electron chi connectivity index (χ4n) is 0.856. The van der Waals surface area contributed by atoms with E-state index in [1.165, 1.54) is 24.3 Å². The summed E-state index contributed by atoms with van der Waals surface area (Å²) in [5.41, 5.74) is -0.380. The Kier molecular flexibility index (Phi) is 10.7. The fourth-order valence-corrected chi connectivity index (χ4v) is 0.856. The first-order chi connectivity index (χ1) is 8.77. The van der Waals surface area contributed by atoms with E-state index in [4.69, 9.17) is 25.2 Å². The molecule has 0 unspecified atom stereocenters. The predicted octanol–water partition coefficient (Wildman–Crippen LogP) is 1.17. The summed E-state index contributed by atoms with van der Waals surface area (Å²) in [6, 6.07) is 5.48. The van der Waals surface area contributed by atoms with Crippen molar-refractivity contribution in [3.63, 3.8) is 0 Å². The van der Waals surface area contributed by atoms with Crippen LogP contribution in [0.2, 0.25) is 0 Å². The molecule has 0 radical (unpaired) electrons. The largest absolute Gasteiger partial charge is 0.481 e. The number of hydrogen-bond acceptors (Lipinski definition) is 4.